The van der Waals surface area contributed by atoms with Gasteiger partial charge >= 0.3 is 0 Å². The van der Waals surface area contributed by atoms with Crippen molar-refractivity contribution < 1.29 is 9.47 Å². The first-order chi connectivity index (χ1) is 9.53. The van der Waals surface area contributed by atoms with E-state index in [2.05, 4.69) is 35.6 Å². The van der Waals surface area contributed by atoms with Crippen molar-refractivity contribution in [2.75, 3.05) is 6.79 Å². The van der Waals surface area contributed by atoms with E-state index in [1.807, 2.05) is 30.7 Å². The Balaban J connectivity index is 1.86. The van der Waals surface area contributed by atoms with Crippen LogP contribution in [0.25, 0.3) is 5.69 Å². The minimum Gasteiger partial charge on any atom is -0.454 e. The van der Waals surface area contributed by atoms with E-state index >= 15 is 0 Å². The molecule has 0 amide bonds. The van der Waals surface area contributed by atoms with E-state index in [0.717, 1.165) is 29.4 Å². The first-order valence-corrected chi connectivity index (χ1v) is 6.69. The molecule has 1 aliphatic rings. The molecule has 3 rings (SSSR count). The van der Waals surface area contributed by atoms with Gasteiger partial charge in [-0.3, -0.25) is 0 Å². The third-order valence-corrected chi connectivity index (χ3v) is 3.15. The molecule has 1 aliphatic heterocycles. The molecule has 0 saturated carbocycles. The maximum absolute atomic E-state index is 5.42. The summed E-state index contributed by atoms with van der Waals surface area (Å²) in [6.07, 6.45) is 3.69. The summed E-state index contributed by atoms with van der Waals surface area (Å²) in [5.74, 6) is 1.58. The maximum atomic E-state index is 5.42. The fourth-order valence-electron chi connectivity index (χ4n) is 2.08. The standard InChI is InChI=1S/C15H19N3O2/c1-15(2,3)17-8-12-7-16-9-18(12)11-4-5-13-14(6-11)20-10-19-13/h4-7,9,17H,8,10H2,1-3H3. The van der Waals surface area contributed by atoms with E-state index in [1.165, 1.54) is 0 Å². The lowest BCUT2D eigenvalue weighted by atomic mass is 10.1. The topological polar surface area (TPSA) is 48.3 Å². The van der Waals surface area contributed by atoms with Crippen LogP contribution in [0, 0.1) is 0 Å². The fourth-order valence-corrected chi connectivity index (χ4v) is 2.08. The lowest BCUT2D eigenvalue weighted by Gasteiger charge is -2.21. The normalized spacial score (nSPS) is 13.8. The Morgan fingerprint density at radius 3 is 2.85 bits per heavy atom. The summed E-state index contributed by atoms with van der Waals surface area (Å²) in [6, 6.07) is 5.92. The highest BCUT2D eigenvalue weighted by Crippen LogP contribution is 2.33. The zero-order valence-corrected chi connectivity index (χ0v) is 12.0. The molecular formula is C15H19N3O2. The average Bonchev–Trinajstić information content (AvgIpc) is 3.03. The molecule has 106 valence electrons. The number of nitrogens with zero attached hydrogens (tertiary/aromatic N) is 2. The van der Waals surface area contributed by atoms with E-state index in [9.17, 15) is 0 Å². The Morgan fingerprint density at radius 2 is 2.05 bits per heavy atom. The summed E-state index contributed by atoms with van der Waals surface area (Å²) < 4.78 is 12.8. The third-order valence-electron chi connectivity index (χ3n) is 3.15. The van der Waals surface area contributed by atoms with Gasteiger partial charge in [-0.2, -0.15) is 0 Å². The van der Waals surface area contributed by atoms with Crippen LogP contribution < -0.4 is 14.8 Å². The smallest absolute Gasteiger partial charge is 0.231 e. The molecule has 1 aromatic carbocycles. The lowest BCUT2D eigenvalue weighted by molar-refractivity contribution is 0.174. The van der Waals surface area contributed by atoms with E-state index in [1.54, 1.807) is 0 Å². The second kappa shape index (κ2) is 4.83. The third kappa shape index (κ3) is 2.63. The van der Waals surface area contributed by atoms with Crippen LogP contribution in [0.4, 0.5) is 0 Å². The average molecular weight is 273 g/mol. The summed E-state index contributed by atoms with van der Waals surface area (Å²) in [6.45, 7) is 7.50. The molecule has 0 radical (unpaired) electrons. The van der Waals surface area contributed by atoms with E-state index in [4.69, 9.17) is 9.47 Å². The summed E-state index contributed by atoms with van der Waals surface area (Å²) in [5, 5.41) is 3.47. The summed E-state index contributed by atoms with van der Waals surface area (Å²) >= 11 is 0. The first kappa shape index (κ1) is 13.0. The molecule has 0 spiro atoms. The number of hydrogen-bond donors (Lipinski definition) is 1. The molecule has 0 fully saturated rings. The minimum atomic E-state index is 0.0734. The van der Waals surface area contributed by atoms with Crippen LogP contribution in [0.2, 0.25) is 0 Å². The highest BCUT2D eigenvalue weighted by atomic mass is 16.7. The predicted octanol–water partition coefficient (Wildman–Crippen LogP) is 2.49. The Kier molecular flexibility index (Phi) is 3.14. The van der Waals surface area contributed by atoms with Crippen molar-refractivity contribution in [2.24, 2.45) is 0 Å². The van der Waals surface area contributed by atoms with E-state index in [-0.39, 0.29) is 5.54 Å². The van der Waals surface area contributed by atoms with Crippen molar-refractivity contribution in [3.63, 3.8) is 0 Å². The van der Waals surface area contributed by atoms with Crippen molar-refractivity contribution in [1.82, 2.24) is 14.9 Å². The van der Waals surface area contributed by atoms with Gasteiger partial charge in [0, 0.05) is 24.3 Å². The quantitative estimate of drug-likeness (QED) is 0.933. The number of aromatic nitrogens is 2. The van der Waals surface area contributed by atoms with E-state index < -0.39 is 0 Å². The molecule has 1 aromatic heterocycles. The van der Waals surface area contributed by atoms with Crippen molar-refractivity contribution in [2.45, 2.75) is 32.9 Å². The molecule has 0 aliphatic carbocycles. The summed E-state index contributed by atoms with van der Waals surface area (Å²) in [5.41, 5.74) is 2.21. The van der Waals surface area contributed by atoms with Crippen LogP contribution in [0.5, 0.6) is 11.5 Å². The molecule has 0 unspecified atom stereocenters. The molecule has 20 heavy (non-hydrogen) atoms. The molecule has 5 heteroatoms. The highest BCUT2D eigenvalue weighted by Gasteiger charge is 2.15. The van der Waals surface area contributed by atoms with Crippen LogP contribution in [0.3, 0.4) is 0 Å². The number of imidazole rings is 1. The second-order valence-electron chi connectivity index (χ2n) is 5.90. The van der Waals surface area contributed by atoms with Crippen molar-refractivity contribution in [3.8, 4) is 17.2 Å². The van der Waals surface area contributed by atoms with Gasteiger partial charge in [-0.25, -0.2) is 4.98 Å². The van der Waals surface area contributed by atoms with Gasteiger partial charge in [0.2, 0.25) is 6.79 Å². The van der Waals surface area contributed by atoms with Gasteiger partial charge in [-0.1, -0.05) is 0 Å². The van der Waals surface area contributed by atoms with E-state index in [0.29, 0.717) is 6.79 Å². The number of hydrogen-bond acceptors (Lipinski definition) is 4. The Morgan fingerprint density at radius 1 is 1.25 bits per heavy atom. The highest BCUT2D eigenvalue weighted by molar-refractivity contribution is 5.50. The minimum absolute atomic E-state index is 0.0734. The van der Waals surface area contributed by atoms with Crippen LogP contribution in [-0.2, 0) is 6.54 Å². The zero-order chi connectivity index (χ0) is 14.2. The molecule has 2 aromatic rings. The van der Waals surface area contributed by atoms with Gasteiger partial charge in [0.25, 0.3) is 0 Å². The SMILES string of the molecule is CC(C)(C)NCc1cncn1-c1ccc2c(c1)OCO2. The second-order valence-corrected chi connectivity index (χ2v) is 5.90. The molecule has 1 N–H and O–H groups in total. The van der Waals surface area contributed by atoms with Gasteiger partial charge < -0.3 is 19.4 Å². The van der Waals surface area contributed by atoms with Gasteiger partial charge in [-0.05, 0) is 32.9 Å². The van der Waals surface area contributed by atoms with Gasteiger partial charge in [-0.15, -0.1) is 0 Å². The number of ether oxygens (including phenoxy) is 2. The van der Waals surface area contributed by atoms with Crippen molar-refractivity contribution >= 4 is 0 Å². The van der Waals surface area contributed by atoms with Crippen molar-refractivity contribution in [1.29, 1.82) is 0 Å². The molecule has 0 saturated heterocycles. The Labute approximate surface area is 118 Å². The largest absolute Gasteiger partial charge is 0.454 e. The number of rotatable bonds is 3. The molecule has 0 atom stereocenters. The van der Waals surface area contributed by atoms with Gasteiger partial charge in [0.15, 0.2) is 11.5 Å². The van der Waals surface area contributed by atoms with Crippen LogP contribution in [0.15, 0.2) is 30.7 Å². The predicted molar refractivity (Wildman–Crippen MR) is 76.3 cm³/mol. The molecule has 2 heterocycles. The summed E-state index contributed by atoms with van der Waals surface area (Å²) in [7, 11) is 0. The Bertz CT molecular complexity index is 614. The van der Waals surface area contributed by atoms with Gasteiger partial charge in [0.05, 0.1) is 17.7 Å². The molecule has 0 bridgehead atoms. The van der Waals surface area contributed by atoms with Crippen LogP contribution >= 0.6 is 0 Å². The molecule has 5 nitrogen and oxygen atoms in total. The van der Waals surface area contributed by atoms with Crippen molar-refractivity contribution in [3.05, 3.63) is 36.4 Å². The van der Waals surface area contributed by atoms with Crippen LogP contribution in [0.1, 0.15) is 26.5 Å². The fraction of sp³-hybridized carbons (Fsp3) is 0.400. The van der Waals surface area contributed by atoms with Crippen LogP contribution in [-0.4, -0.2) is 21.9 Å². The number of fused-ring (bicyclic) bond motifs is 1. The van der Waals surface area contributed by atoms with Gasteiger partial charge in [0.1, 0.15) is 0 Å². The Hall–Kier alpha value is -2.01. The summed E-state index contributed by atoms with van der Waals surface area (Å²) in [4.78, 5) is 4.24. The lowest BCUT2D eigenvalue weighted by Crippen LogP contribution is -2.35. The zero-order valence-electron chi connectivity index (χ0n) is 12.0. The molecular weight excluding hydrogens is 254 g/mol. The first-order valence-electron chi connectivity index (χ1n) is 6.69. The number of benzene rings is 1. The monoisotopic (exact) mass is 273 g/mol. The number of nitrogens with one attached hydrogen (secondary N) is 1. The maximum Gasteiger partial charge on any atom is 0.231 e.